The number of pyridine rings is 1. The van der Waals surface area contributed by atoms with Gasteiger partial charge in [-0.25, -0.2) is 9.37 Å². The molecule has 0 spiro atoms. The highest BCUT2D eigenvalue weighted by molar-refractivity contribution is 5.98. The summed E-state index contributed by atoms with van der Waals surface area (Å²) in [6.07, 6.45) is 3.36. The highest BCUT2D eigenvalue weighted by atomic mass is 19.1. The summed E-state index contributed by atoms with van der Waals surface area (Å²) in [6, 6.07) is 8.29. The molecule has 4 rings (SSSR count). The lowest BCUT2D eigenvalue weighted by atomic mass is 9.79. The number of carbonyl (C=O) groups excluding carboxylic acids is 2. The SMILES string of the molecule is COCCNC(=O)c1ccc2c(c1)[C@H](Nc1ccc(F)cn1)[C@@H](C)[C@H](C1CC1)N2C(C)=O. The number of nitrogens with one attached hydrogen (secondary N) is 2. The molecule has 0 saturated heterocycles. The third-order valence-electron chi connectivity index (χ3n) is 6.31. The summed E-state index contributed by atoms with van der Waals surface area (Å²) in [5.41, 5.74) is 2.18. The molecule has 32 heavy (non-hydrogen) atoms. The van der Waals surface area contributed by atoms with E-state index >= 15 is 0 Å². The quantitative estimate of drug-likeness (QED) is 0.644. The van der Waals surface area contributed by atoms with Crippen molar-refractivity contribution in [1.29, 1.82) is 0 Å². The van der Waals surface area contributed by atoms with Gasteiger partial charge in [0.2, 0.25) is 5.91 Å². The van der Waals surface area contributed by atoms with Gasteiger partial charge in [0.15, 0.2) is 0 Å². The van der Waals surface area contributed by atoms with Gasteiger partial charge in [-0.05, 0) is 54.7 Å². The number of hydrogen-bond donors (Lipinski definition) is 2. The maximum Gasteiger partial charge on any atom is 0.251 e. The Labute approximate surface area is 187 Å². The molecule has 3 atom stereocenters. The van der Waals surface area contributed by atoms with Crippen LogP contribution < -0.4 is 15.5 Å². The van der Waals surface area contributed by atoms with Crippen molar-refractivity contribution >= 4 is 23.3 Å². The lowest BCUT2D eigenvalue weighted by Crippen LogP contribution is -2.51. The molecule has 0 radical (unpaired) electrons. The minimum atomic E-state index is -0.402. The van der Waals surface area contributed by atoms with E-state index in [2.05, 4.69) is 22.5 Å². The van der Waals surface area contributed by atoms with Gasteiger partial charge >= 0.3 is 0 Å². The average Bonchev–Trinajstić information content (AvgIpc) is 3.61. The van der Waals surface area contributed by atoms with E-state index in [4.69, 9.17) is 4.74 Å². The van der Waals surface area contributed by atoms with Crippen LogP contribution in [0.2, 0.25) is 0 Å². The first-order chi connectivity index (χ1) is 15.4. The van der Waals surface area contributed by atoms with Crippen LogP contribution in [0, 0.1) is 17.7 Å². The third-order valence-corrected chi connectivity index (χ3v) is 6.31. The number of carbonyl (C=O) groups is 2. The van der Waals surface area contributed by atoms with Gasteiger partial charge in [0.05, 0.1) is 18.8 Å². The van der Waals surface area contributed by atoms with E-state index in [9.17, 15) is 14.0 Å². The molecule has 1 fully saturated rings. The van der Waals surface area contributed by atoms with Crippen molar-refractivity contribution in [3.8, 4) is 0 Å². The summed E-state index contributed by atoms with van der Waals surface area (Å²) in [7, 11) is 1.58. The standard InChI is InChI=1S/C24H29FN4O3/c1-14-22(28-21-9-7-18(25)13-27-21)19-12-17(24(31)26-10-11-32-3)6-8-20(19)29(15(2)30)23(14)16-4-5-16/h6-9,12-14,16,22-23H,4-5,10-11H2,1-3H3,(H,26,31)(H,27,28)/t14-,22-,23-/m1/s1. The topological polar surface area (TPSA) is 83.6 Å². The van der Waals surface area contributed by atoms with Crippen molar-refractivity contribution in [2.24, 2.45) is 11.8 Å². The van der Waals surface area contributed by atoms with Crippen molar-refractivity contribution in [3.05, 3.63) is 53.5 Å². The Hall–Kier alpha value is -3.00. The first-order valence-corrected chi connectivity index (χ1v) is 11.0. The van der Waals surface area contributed by atoms with E-state index in [0.29, 0.717) is 30.5 Å². The van der Waals surface area contributed by atoms with Gasteiger partial charge < -0.3 is 20.3 Å². The normalized spacial score (nSPS) is 22.2. The minimum Gasteiger partial charge on any atom is -0.383 e. The van der Waals surface area contributed by atoms with E-state index in [0.717, 1.165) is 24.1 Å². The number of anilines is 2. The second kappa shape index (κ2) is 9.24. The van der Waals surface area contributed by atoms with Crippen LogP contribution in [-0.4, -0.2) is 43.1 Å². The van der Waals surface area contributed by atoms with Gasteiger partial charge in [0.25, 0.3) is 5.91 Å². The molecular formula is C24H29FN4O3. The molecule has 2 amide bonds. The lowest BCUT2D eigenvalue weighted by Gasteiger charge is -2.46. The highest BCUT2D eigenvalue weighted by Gasteiger charge is 2.47. The first-order valence-electron chi connectivity index (χ1n) is 11.0. The molecule has 2 heterocycles. The van der Waals surface area contributed by atoms with Crippen LogP contribution in [0.5, 0.6) is 0 Å². The molecule has 1 aliphatic carbocycles. The zero-order chi connectivity index (χ0) is 22.8. The van der Waals surface area contributed by atoms with Crippen LogP contribution in [0.3, 0.4) is 0 Å². The molecule has 2 aliphatic rings. The average molecular weight is 441 g/mol. The van der Waals surface area contributed by atoms with Gasteiger partial charge in [-0.15, -0.1) is 0 Å². The van der Waals surface area contributed by atoms with Gasteiger partial charge in [0.1, 0.15) is 11.6 Å². The number of fused-ring (bicyclic) bond motifs is 1. The minimum absolute atomic E-state index is 0.00865. The predicted molar refractivity (Wildman–Crippen MR) is 120 cm³/mol. The monoisotopic (exact) mass is 440 g/mol. The third kappa shape index (κ3) is 4.46. The molecular weight excluding hydrogens is 411 g/mol. The Kier molecular flexibility index (Phi) is 6.41. The number of ether oxygens (including phenoxy) is 1. The number of nitrogens with zero attached hydrogens (tertiary/aromatic N) is 2. The molecule has 0 unspecified atom stereocenters. The molecule has 8 heteroatoms. The number of aromatic nitrogens is 1. The molecule has 2 aromatic rings. The molecule has 1 aromatic carbocycles. The number of rotatable bonds is 7. The summed E-state index contributed by atoms with van der Waals surface area (Å²) in [6.45, 7) is 4.55. The Morgan fingerprint density at radius 2 is 2.03 bits per heavy atom. The van der Waals surface area contributed by atoms with Crippen LogP contribution in [-0.2, 0) is 9.53 Å². The summed E-state index contributed by atoms with van der Waals surface area (Å²) in [4.78, 5) is 31.4. The van der Waals surface area contributed by atoms with Crippen LogP contribution in [0.1, 0.15) is 48.7 Å². The van der Waals surface area contributed by atoms with E-state index in [1.54, 1.807) is 26.2 Å². The number of methoxy groups -OCH3 is 1. The maximum atomic E-state index is 13.4. The molecule has 0 bridgehead atoms. The largest absolute Gasteiger partial charge is 0.383 e. The van der Waals surface area contributed by atoms with E-state index < -0.39 is 5.82 Å². The number of halogens is 1. The molecule has 170 valence electrons. The van der Waals surface area contributed by atoms with Crippen molar-refractivity contribution < 1.29 is 18.7 Å². The fourth-order valence-corrected chi connectivity index (χ4v) is 4.70. The Bertz CT molecular complexity index is 993. The predicted octanol–water partition coefficient (Wildman–Crippen LogP) is 3.53. The number of hydrogen-bond acceptors (Lipinski definition) is 5. The fourth-order valence-electron chi connectivity index (χ4n) is 4.70. The summed E-state index contributed by atoms with van der Waals surface area (Å²) in [5, 5.41) is 6.28. The molecule has 2 N–H and O–H groups in total. The van der Waals surface area contributed by atoms with Crippen molar-refractivity contribution in [1.82, 2.24) is 10.3 Å². The number of amides is 2. The summed E-state index contributed by atoms with van der Waals surface area (Å²) < 4.78 is 18.4. The molecule has 7 nitrogen and oxygen atoms in total. The zero-order valence-corrected chi connectivity index (χ0v) is 18.6. The highest BCUT2D eigenvalue weighted by Crippen LogP contribution is 2.50. The lowest BCUT2D eigenvalue weighted by molar-refractivity contribution is -0.117. The van der Waals surface area contributed by atoms with E-state index in [1.165, 1.54) is 12.3 Å². The smallest absolute Gasteiger partial charge is 0.251 e. The Morgan fingerprint density at radius 3 is 2.66 bits per heavy atom. The molecule has 1 aromatic heterocycles. The van der Waals surface area contributed by atoms with Crippen LogP contribution >= 0.6 is 0 Å². The zero-order valence-electron chi connectivity index (χ0n) is 18.6. The van der Waals surface area contributed by atoms with Crippen LogP contribution in [0.15, 0.2) is 36.5 Å². The van der Waals surface area contributed by atoms with Crippen LogP contribution in [0.4, 0.5) is 15.9 Å². The first kappa shape index (κ1) is 22.2. The second-order valence-electron chi connectivity index (χ2n) is 8.58. The maximum absolute atomic E-state index is 13.4. The van der Waals surface area contributed by atoms with Crippen molar-refractivity contribution in [2.45, 2.75) is 38.8 Å². The molecule has 1 saturated carbocycles. The molecule has 1 aliphatic heterocycles. The van der Waals surface area contributed by atoms with Gasteiger partial charge in [-0.1, -0.05) is 6.92 Å². The van der Waals surface area contributed by atoms with Gasteiger partial charge in [0, 0.05) is 43.8 Å². The van der Waals surface area contributed by atoms with Gasteiger partial charge in [-0.3, -0.25) is 9.59 Å². The van der Waals surface area contributed by atoms with Crippen LogP contribution in [0.25, 0.3) is 0 Å². The fraction of sp³-hybridized carbons (Fsp3) is 0.458. The summed E-state index contributed by atoms with van der Waals surface area (Å²) in [5.74, 6) is 0.457. The van der Waals surface area contributed by atoms with Gasteiger partial charge in [-0.2, -0.15) is 0 Å². The van der Waals surface area contributed by atoms with Crippen molar-refractivity contribution in [2.75, 3.05) is 30.5 Å². The van der Waals surface area contributed by atoms with Crippen molar-refractivity contribution in [3.63, 3.8) is 0 Å². The van der Waals surface area contributed by atoms with E-state index in [-0.39, 0.29) is 29.8 Å². The van der Waals surface area contributed by atoms with E-state index in [1.807, 2.05) is 17.0 Å². The Morgan fingerprint density at radius 1 is 1.25 bits per heavy atom. The summed E-state index contributed by atoms with van der Waals surface area (Å²) >= 11 is 0. The number of benzene rings is 1. The second-order valence-corrected chi connectivity index (χ2v) is 8.58. The Balaban J connectivity index is 1.73.